The Labute approximate surface area is 185 Å². The average molecular weight is 442 g/mol. The standard InChI is InChI=1S/C23H24ClN3O2S/c1-16-26-21(22(30-16)17-7-3-2-4-8-17)23(28)25-15-20(27-11-13-29-14-12-27)18-9-5-6-10-19(18)24/h2-10,20H,11-15H2,1H3,(H,25,28). The fourth-order valence-electron chi connectivity index (χ4n) is 3.71. The molecule has 1 N–H and O–H groups in total. The molecule has 0 spiro atoms. The Kier molecular flexibility index (Phi) is 6.79. The monoisotopic (exact) mass is 441 g/mol. The molecule has 30 heavy (non-hydrogen) atoms. The number of thiazole rings is 1. The molecular weight excluding hydrogens is 418 g/mol. The molecule has 4 rings (SSSR count). The molecule has 2 heterocycles. The first kappa shape index (κ1) is 21.0. The van der Waals surface area contributed by atoms with Gasteiger partial charge in [-0.05, 0) is 24.1 Å². The van der Waals surface area contributed by atoms with Crippen LogP contribution in [-0.2, 0) is 4.74 Å². The minimum atomic E-state index is -0.163. The summed E-state index contributed by atoms with van der Waals surface area (Å²) in [6.45, 7) is 5.34. The number of hydrogen-bond donors (Lipinski definition) is 1. The summed E-state index contributed by atoms with van der Waals surface area (Å²) in [6, 6.07) is 17.7. The van der Waals surface area contributed by atoms with E-state index in [1.807, 2.05) is 61.5 Å². The molecular formula is C23H24ClN3O2S. The highest BCUT2D eigenvalue weighted by Gasteiger charge is 2.26. The van der Waals surface area contributed by atoms with E-state index in [9.17, 15) is 4.79 Å². The number of nitrogens with zero attached hydrogens (tertiary/aromatic N) is 2. The van der Waals surface area contributed by atoms with E-state index in [2.05, 4.69) is 15.2 Å². The van der Waals surface area contributed by atoms with Crippen molar-refractivity contribution in [2.24, 2.45) is 0 Å². The number of morpholine rings is 1. The third-order valence-corrected chi connectivity index (χ3v) is 6.56. The first-order valence-electron chi connectivity index (χ1n) is 10.0. The fourth-order valence-corrected chi connectivity index (χ4v) is 4.89. The number of rotatable bonds is 6. The quantitative estimate of drug-likeness (QED) is 0.608. The number of aromatic nitrogens is 1. The van der Waals surface area contributed by atoms with E-state index in [-0.39, 0.29) is 11.9 Å². The predicted octanol–water partition coefficient (Wildman–Crippen LogP) is 4.58. The van der Waals surface area contributed by atoms with Gasteiger partial charge in [0.1, 0.15) is 5.69 Å². The highest BCUT2D eigenvalue weighted by atomic mass is 35.5. The molecule has 0 radical (unpaired) electrons. The van der Waals surface area contributed by atoms with Gasteiger partial charge in [0.05, 0.1) is 29.1 Å². The van der Waals surface area contributed by atoms with Crippen LogP contribution in [0.1, 0.15) is 27.1 Å². The number of amides is 1. The van der Waals surface area contributed by atoms with Crippen molar-refractivity contribution in [2.75, 3.05) is 32.8 Å². The van der Waals surface area contributed by atoms with E-state index in [0.29, 0.717) is 30.5 Å². The number of aryl methyl sites for hydroxylation is 1. The van der Waals surface area contributed by atoms with Crippen molar-refractivity contribution < 1.29 is 9.53 Å². The summed E-state index contributed by atoms with van der Waals surface area (Å²) in [5.74, 6) is -0.163. The lowest BCUT2D eigenvalue weighted by atomic mass is 10.0. The number of ether oxygens (including phenoxy) is 1. The number of carbonyl (C=O) groups is 1. The summed E-state index contributed by atoms with van der Waals surface area (Å²) in [7, 11) is 0. The van der Waals surface area contributed by atoms with Crippen LogP contribution in [-0.4, -0.2) is 48.6 Å². The normalized spacial score (nSPS) is 15.7. The zero-order valence-electron chi connectivity index (χ0n) is 16.8. The Bertz CT molecular complexity index is 1000. The number of carbonyl (C=O) groups excluding carboxylic acids is 1. The maximum absolute atomic E-state index is 13.1. The lowest BCUT2D eigenvalue weighted by Crippen LogP contribution is -2.44. The van der Waals surface area contributed by atoms with Crippen molar-refractivity contribution in [3.05, 3.63) is 75.9 Å². The molecule has 2 aromatic carbocycles. The van der Waals surface area contributed by atoms with Gasteiger partial charge in [-0.2, -0.15) is 0 Å². The second-order valence-electron chi connectivity index (χ2n) is 7.17. The van der Waals surface area contributed by atoms with Gasteiger partial charge in [-0.15, -0.1) is 11.3 Å². The second kappa shape index (κ2) is 9.71. The molecule has 1 saturated heterocycles. The van der Waals surface area contributed by atoms with Crippen LogP contribution in [0, 0.1) is 6.92 Å². The van der Waals surface area contributed by atoms with Crippen LogP contribution in [0.15, 0.2) is 54.6 Å². The molecule has 1 unspecified atom stereocenters. The van der Waals surface area contributed by atoms with Gasteiger partial charge in [0.2, 0.25) is 0 Å². The molecule has 1 aliphatic rings. The number of hydrogen-bond acceptors (Lipinski definition) is 5. The SMILES string of the molecule is Cc1nc(C(=O)NCC(c2ccccc2Cl)N2CCOCC2)c(-c2ccccc2)s1. The molecule has 0 aliphatic carbocycles. The molecule has 3 aromatic rings. The summed E-state index contributed by atoms with van der Waals surface area (Å²) in [5.41, 5.74) is 2.49. The highest BCUT2D eigenvalue weighted by Crippen LogP contribution is 2.31. The molecule has 0 saturated carbocycles. The molecule has 156 valence electrons. The van der Waals surface area contributed by atoms with Gasteiger partial charge in [-0.1, -0.05) is 60.1 Å². The van der Waals surface area contributed by atoms with Crippen molar-refractivity contribution in [3.8, 4) is 10.4 Å². The zero-order chi connectivity index (χ0) is 20.9. The predicted molar refractivity (Wildman–Crippen MR) is 121 cm³/mol. The molecule has 1 aliphatic heterocycles. The van der Waals surface area contributed by atoms with E-state index < -0.39 is 0 Å². The zero-order valence-corrected chi connectivity index (χ0v) is 18.4. The summed E-state index contributed by atoms with van der Waals surface area (Å²) < 4.78 is 5.51. The molecule has 1 fully saturated rings. The Hall–Kier alpha value is -2.25. The number of halogens is 1. The van der Waals surface area contributed by atoms with Crippen molar-refractivity contribution in [1.29, 1.82) is 0 Å². The van der Waals surface area contributed by atoms with Gasteiger partial charge in [0.15, 0.2) is 0 Å². The smallest absolute Gasteiger partial charge is 0.271 e. The molecule has 0 bridgehead atoms. The van der Waals surface area contributed by atoms with Crippen molar-refractivity contribution in [1.82, 2.24) is 15.2 Å². The minimum absolute atomic E-state index is 0.0218. The second-order valence-corrected chi connectivity index (χ2v) is 8.78. The van der Waals surface area contributed by atoms with Crippen LogP contribution in [0.2, 0.25) is 5.02 Å². The highest BCUT2D eigenvalue weighted by molar-refractivity contribution is 7.15. The average Bonchev–Trinajstić information content (AvgIpc) is 3.18. The lowest BCUT2D eigenvalue weighted by Gasteiger charge is -2.35. The van der Waals surface area contributed by atoms with Crippen LogP contribution in [0.3, 0.4) is 0 Å². The van der Waals surface area contributed by atoms with E-state index in [0.717, 1.165) is 34.1 Å². The van der Waals surface area contributed by atoms with E-state index in [1.165, 1.54) is 11.3 Å². The van der Waals surface area contributed by atoms with Crippen molar-refractivity contribution in [3.63, 3.8) is 0 Å². The van der Waals surface area contributed by atoms with Crippen molar-refractivity contribution in [2.45, 2.75) is 13.0 Å². The molecule has 5 nitrogen and oxygen atoms in total. The summed E-state index contributed by atoms with van der Waals surface area (Å²) in [4.78, 5) is 20.8. The Balaban J connectivity index is 1.56. The van der Waals surface area contributed by atoms with Crippen LogP contribution >= 0.6 is 22.9 Å². The molecule has 1 atom stereocenters. The van der Waals surface area contributed by atoms with Gasteiger partial charge in [-0.3, -0.25) is 9.69 Å². The Morgan fingerprint density at radius 1 is 1.17 bits per heavy atom. The van der Waals surface area contributed by atoms with Gasteiger partial charge >= 0.3 is 0 Å². The lowest BCUT2D eigenvalue weighted by molar-refractivity contribution is 0.0162. The number of benzene rings is 2. The summed E-state index contributed by atoms with van der Waals surface area (Å²) >= 11 is 8.03. The van der Waals surface area contributed by atoms with Crippen LogP contribution in [0.4, 0.5) is 0 Å². The maximum Gasteiger partial charge on any atom is 0.271 e. The fraction of sp³-hybridized carbons (Fsp3) is 0.304. The minimum Gasteiger partial charge on any atom is -0.379 e. The molecule has 1 amide bonds. The summed E-state index contributed by atoms with van der Waals surface area (Å²) in [5, 5.41) is 4.69. The first-order chi connectivity index (χ1) is 14.6. The van der Waals surface area contributed by atoms with Gasteiger partial charge in [0.25, 0.3) is 5.91 Å². The third-order valence-electron chi connectivity index (χ3n) is 5.19. The topological polar surface area (TPSA) is 54.5 Å². The maximum atomic E-state index is 13.1. The van der Waals surface area contributed by atoms with E-state index in [1.54, 1.807) is 0 Å². The number of nitrogens with one attached hydrogen (secondary N) is 1. The van der Waals surface area contributed by atoms with E-state index >= 15 is 0 Å². The third kappa shape index (κ3) is 4.73. The van der Waals surface area contributed by atoms with Crippen LogP contribution in [0.25, 0.3) is 10.4 Å². The largest absolute Gasteiger partial charge is 0.379 e. The molecule has 1 aromatic heterocycles. The Morgan fingerprint density at radius 3 is 2.60 bits per heavy atom. The van der Waals surface area contributed by atoms with Gasteiger partial charge < -0.3 is 10.1 Å². The van der Waals surface area contributed by atoms with E-state index in [4.69, 9.17) is 16.3 Å². The summed E-state index contributed by atoms with van der Waals surface area (Å²) in [6.07, 6.45) is 0. The van der Waals surface area contributed by atoms with Crippen LogP contribution < -0.4 is 5.32 Å². The Morgan fingerprint density at radius 2 is 1.87 bits per heavy atom. The van der Waals surface area contributed by atoms with Crippen molar-refractivity contribution >= 4 is 28.8 Å². The van der Waals surface area contributed by atoms with Crippen LogP contribution in [0.5, 0.6) is 0 Å². The van der Waals surface area contributed by atoms with Gasteiger partial charge in [0, 0.05) is 24.7 Å². The molecule has 7 heteroatoms. The van der Waals surface area contributed by atoms with Gasteiger partial charge in [-0.25, -0.2) is 4.98 Å². The first-order valence-corrected chi connectivity index (χ1v) is 11.2.